The lowest BCUT2D eigenvalue weighted by Crippen LogP contribution is -2.49. The van der Waals surface area contributed by atoms with Gasteiger partial charge < -0.3 is 9.64 Å². The molecule has 1 atom stereocenters. The van der Waals surface area contributed by atoms with Crippen molar-refractivity contribution in [3.05, 3.63) is 77.9 Å². The molecule has 2 aromatic carbocycles. The summed E-state index contributed by atoms with van der Waals surface area (Å²) in [5.41, 5.74) is 3.23. The van der Waals surface area contributed by atoms with Crippen LogP contribution < -0.4 is 0 Å². The van der Waals surface area contributed by atoms with Crippen molar-refractivity contribution < 1.29 is 14.3 Å². The Morgan fingerprint density at radius 1 is 1.12 bits per heavy atom. The minimum Gasteiger partial charge on any atom is -0.467 e. The molecule has 2 aromatic rings. The van der Waals surface area contributed by atoms with E-state index >= 15 is 0 Å². The molecule has 0 saturated carbocycles. The second kappa shape index (κ2) is 6.71. The Balaban J connectivity index is 1.95. The van der Waals surface area contributed by atoms with E-state index < -0.39 is 12.0 Å². The Morgan fingerprint density at radius 3 is 2.42 bits per heavy atom. The van der Waals surface area contributed by atoms with Crippen LogP contribution in [0, 0.1) is 0 Å². The molecule has 122 valence electrons. The fourth-order valence-electron chi connectivity index (χ4n) is 3.04. The number of carbonyl (C=O) groups is 2. The van der Waals surface area contributed by atoms with E-state index in [1.165, 1.54) is 7.11 Å². The fourth-order valence-corrected chi connectivity index (χ4v) is 3.04. The predicted molar refractivity (Wildman–Crippen MR) is 92.5 cm³/mol. The number of amides is 1. The highest BCUT2D eigenvalue weighted by Gasteiger charge is 2.35. The van der Waals surface area contributed by atoms with Crippen LogP contribution in [-0.4, -0.2) is 36.5 Å². The molecule has 0 saturated heterocycles. The van der Waals surface area contributed by atoms with Gasteiger partial charge in [0.05, 0.1) is 7.11 Å². The molecule has 3 rings (SSSR count). The highest BCUT2D eigenvalue weighted by atomic mass is 16.5. The molecular formula is C20H19NO3. The molecule has 0 radical (unpaired) electrons. The minimum atomic E-state index is -0.671. The number of fused-ring (bicyclic) bond motifs is 1. The number of carbonyl (C=O) groups excluding carboxylic acids is 2. The lowest BCUT2D eigenvalue weighted by molar-refractivity contribution is -0.145. The zero-order chi connectivity index (χ0) is 17.1. The molecule has 1 aliphatic rings. The first-order valence-electron chi connectivity index (χ1n) is 7.81. The first-order valence-corrected chi connectivity index (χ1v) is 7.81. The molecular weight excluding hydrogens is 302 g/mol. The molecule has 0 fully saturated rings. The molecule has 0 spiro atoms. The molecule has 0 bridgehead atoms. The molecule has 4 heteroatoms. The van der Waals surface area contributed by atoms with Gasteiger partial charge >= 0.3 is 5.97 Å². The van der Waals surface area contributed by atoms with Crippen molar-refractivity contribution in [3.63, 3.8) is 0 Å². The number of benzene rings is 2. The van der Waals surface area contributed by atoms with Gasteiger partial charge in [-0.05, 0) is 22.8 Å². The van der Waals surface area contributed by atoms with Crippen molar-refractivity contribution in [2.45, 2.75) is 12.5 Å². The van der Waals surface area contributed by atoms with Crippen molar-refractivity contribution >= 4 is 17.4 Å². The number of hydrogen-bond donors (Lipinski definition) is 0. The average molecular weight is 321 g/mol. The Bertz CT molecular complexity index is 782. The average Bonchev–Trinajstić information content (AvgIpc) is 2.63. The maximum absolute atomic E-state index is 12.9. The van der Waals surface area contributed by atoms with Crippen LogP contribution in [0.1, 0.15) is 21.5 Å². The summed E-state index contributed by atoms with van der Waals surface area (Å²) >= 11 is 0. The predicted octanol–water partition coefficient (Wildman–Crippen LogP) is 2.94. The van der Waals surface area contributed by atoms with Crippen molar-refractivity contribution in [2.24, 2.45) is 0 Å². The van der Waals surface area contributed by atoms with Crippen LogP contribution in [0.4, 0.5) is 0 Å². The lowest BCUT2D eigenvalue weighted by atomic mass is 9.93. The molecule has 1 heterocycles. The second-order valence-corrected chi connectivity index (χ2v) is 5.81. The van der Waals surface area contributed by atoms with E-state index in [-0.39, 0.29) is 5.91 Å². The summed E-state index contributed by atoms with van der Waals surface area (Å²) in [7, 11) is 1.34. The van der Waals surface area contributed by atoms with Gasteiger partial charge in [0.2, 0.25) is 0 Å². The molecule has 24 heavy (non-hydrogen) atoms. The van der Waals surface area contributed by atoms with E-state index in [0.717, 1.165) is 16.7 Å². The van der Waals surface area contributed by atoms with E-state index in [9.17, 15) is 9.59 Å². The maximum atomic E-state index is 12.9. The largest absolute Gasteiger partial charge is 0.467 e. The number of methoxy groups -OCH3 is 1. The maximum Gasteiger partial charge on any atom is 0.328 e. The summed E-state index contributed by atoms with van der Waals surface area (Å²) < 4.78 is 4.95. The smallest absolute Gasteiger partial charge is 0.328 e. The zero-order valence-corrected chi connectivity index (χ0v) is 13.6. The van der Waals surface area contributed by atoms with E-state index in [2.05, 4.69) is 6.58 Å². The summed E-state index contributed by atoms with van der Waals surface area (Å²) in [6, 6.07) is 16.3. The van der Waals surface area contributed by atoms with Crippen LogP contribution in [0.3, 0.4) is 0 Å². The second-order valence-electron chi connectivity index (χ2n) is 5.81. The molecule has 0 aromatic heterocycles. The van der Waals surface area contributed by atoms with Crippen LogP contribution in [0.2, 0.25) is 0 Å². The summed E-state index contributed by atoms with van der Waals surface area (Å²) in [4.78, 5) is 26.8. The van der Waals surface area contributed by atoms with Crippen molar-refractivity contribution in [3.8, 4) is 0 Å². The van der Waals surface area contributed by atoms with Gasteiger partial charge in [0.15, 0.2) is 0 Å². The highest BCUT2D eigenvalue weighted by molar-refractivity contribution is 6.04. The number of ether oxygens (including phenoxy) is 1. The normalized spacial score (nSPS) is 15.0. The first-order chi connectivity index (χ1) is 11.6. The molecule has 0 unspecified atom stereocenters. The monoisotopic (exact) mass is 321 g/mol. The SMILES string of the molecule is C=C1CN([C@@H](Cc2ccccc2)C(=O)OC)C(=O)c2ccccc21. The van der Waals surface area contributed by atoms with E-state index in [4.69, 9.17) is 4.74 Å². The number of esters is 1. The zero-order valence-electron chi connectivity index (χ0n) is 13.6. The summed E-state index contributed by atoms with van der Waals surface area (Å²) in [5.74, 6) is -0.580. The molecule has 4 nitrogen and oxygen atoms in total. The standard InChI is InChI=1S/C20H19NO3/c1-14-13-21(19(22)17-11-7-6-10-16(14)17)18(20(23)24-2)12-15-8-4-3-5-9-15/h3-11,18H,1,12-13H2,2H3/t18-/m0/s1. The van der Waals surface area contributed by atoms with Gasteiger partial charge in [-0.2, -0.15) is 0 Å². The third-order valence-corrected chi connectivity index (χ3v) is 4.28. The Kier molecular flexibility index (Phi) is 4.47. The third-order valence-electron chi connectivity index (χ3n) is 4.28. The van der Waals surface area contributed by atoms with Crippen LogP contribution >= 0.6 is 0 Å². The Hall–Kier alpha value is -2.88. The number of nitrogens with zero attached hydrogens (tertiary/aromatic N) is 1. The van der Waals surface area contributed by atoms with Crippen molar-refractivity contribution in [1.29, 1.82) is 0 Å². The van der Waals surface area contributed by atoms with Crippen LogP contribution in [0.5, 0.6) is 0 Å². The van der Waals surface area contributed by atoms with Gasteiger partial charge in [-0.15, -0.1) is 0 Å². The van der Waals surface area contributed by atoms with Crippen LogP contribution in [0.15, 0.2) is 61.2 Å². The number of rotatable bonds is 4. The third kappa shape index (κ3) is 2.95. The minimum absolute atomic E-state index is 0.163. The van der Waals surface area contributed by atoms with Crippen LogP contribution in [0.25, 0.3) is 5.57 Å². The van der Waals surface area contributed by atoms with E-state index in [0.29, 0.717) is 18.5 Å². The summed E-state index contributed by atoms with van der Waals surface area (Å²) in [6.45, 7) is 4.39. The van der Waals surface area contributed by atoms with Gasteiger partial charge in [-0.3, -0.25) is 4.79 Å². The van der Waals surface area contributed by atoms with Gasteiger partial charge in [-0.1, -0.05) is 55.1 Å². The highest BCUT2D eigenvalue weighted by Crippen LogP contribution is 2.28. The molecule has 1 amide bonds. The molecule has 0 aliphatic carbocycles. The first kappa shape index (κ1) is 16.0. The van der Waals surface area contributed by atoms with Crippen molar-refractivity contribution in [1.82, 2.24) is 4.90 Å². The lowest BCUT2D eigenvalue weighted by Gasteiger charge is -2.35. The van der Waals surface area contributed by atoms with Crippen LogP contribution in [-0.2, 0) is 16.0 Å². The number of hydrogen-bond acceptors (Lipinski definition) is 3. The van der Waals surface area contributed by atoms with Gasteiger partial charge in [0.25, 0.3) is 5.91 Å². The van der Waals surface area contributed by atoms with Crippen molar-refractivity contribution in [2.75, 3.05) is 13.7 Å². The quantitative estimate of drug-likeness (QED) is 0.814. The van der Waals surface area contributed by atoms with Gasteiger partial charge in [0.1, 0.15) is 6.04 Å². The molecule has 1 aliphatic heterocycles. The van der Waals surface area contributed by atoms with Gasteiger partial charge in [-0.25, -0.2) is 4.79 Å². The summed E-state index contributed by atoms with van der Waals surface area (Å²) in [6.07, 6.45) is 0.411. The summed E-state index contributed by atoms with van der Waals surface area (Å²) in [5, 5.41) is 0. The van der Waals surface area contributed by atoms with E-state index in [1.54, 1.807) is 11.0 Å². The fraction of sp³-hybridized carbons (Fsp3) is 0.200. The van der Waals surface area contributed by atoms with Gasteiger partial charge in [0, 0.05) is 18.5 Å². The van der Waals surface area contributed by atoms with E-state index in [1.807, 2.05) is 48.5 Å². The Labute approximate surface area is 141 Å². The Morgan fingerprint density at radius 2 is 1.75 bits per heavy atom. The molecule has 0 N–H and O–H groups in total. The topological polar surface area (TPSA) is 46.6 Å².